The van der Waals surface area contributed by atoms with Crippen LogP contribution in [-0.2, 0) is 4.79 Å². The van der Waals surface area contributed by atoms with Crippen molar-refractivity contribution in [3.05, 3.63) is 35.4 Å². The minimum atomic E-state index is -1.19. The zero-order chi connectivity index (χ0) is 12.8. The number of halogens is 1. The molecule has 0 atom stereocenters. The number of carbonyl (C=O) groups is 3. The third-order valence-corrected chi connectivity index (χ3v) is 2.30. The molecule has 1 amide bonds. The third kappa shape index (κ3) is 3.57. The van der Waals surface area contributed by atoms with Crippen LogP contribution in [-0.4, -0.2) is 35.2 Å². The Bertz CT molecular complexity index is 459. The van der Waals surface area contributed by atoms with Gasteiger partial charge in [0.25, 0.3) is 5.91 Å². The third-order valence-electron chi connectivity index (χ3n) is 2.00. The van der Waals surface area contributed by atoms with Crippen molar-refractivity contribution in [2.75, 3.05) is 12.4 Å². The molecule has 0 aliphatic rings. The van der Waals surface area contributed by atoms with Crippen molar-refractivity contribution in [1.82, 2.24) is 5.32 Å². The second-order valence-electron chi connectivity index (χ2n) is 3.21. The van der Waals surface area contributed by atoms with Gasteiger partial charge in [-0.1, -0.05) is 12.1 Å². The number of carboxylic acid groups (broad SMARTS) is 1. The van der Waals surface area contributed by atoms with Gasteiger partial charge in [-0.25, -0.2) is 4.79 Å². The number of carboxylic acids is 1. The molecule has 1 rings (SSSR count). The zero-order valence-electron chi connectivity index (χ0n) is 8.77. The first-order chi connectivity index (χ1) is 8.06. The highest BCUT2D eigenvalue weighted by Crippen LogP contribution is 2.08. The van der Waals surface area contributed by atoms with E-state index in [1.807, 2.05) is 0 Å². The maximum Gasteiger partial charge on any atom is 0.336 e. The number of alkyl halides is 1. The Balaban J connectivity index is 2.82. The maximum absolute atomic E-state index is 11.6. The highest BCUT2D eigenvalue weighted by atomic mass is 35.5. The van der Waals surface area contributed by atoms with Crippen LogP contribution < -0.4 is 5.32 Å². The topological polar surface area (TPSA) is 83.5 Å². The number of carbonyl (C=O) groups excluding carboxylic acids is 2. The lowest BCUT2D eigenvalue weighted by atomic mass is 10.1. The normalized spacial score (nSPS) is 9.71. The van der Waals surface area contributed by atoms with E-state index in [2.05, 4.69) is 5.32 Å². The molecular weight excluding hydrogens is 246 g/mol. The smallest absolute Gasteiger partial charge is 0.336 e. The molecule has 90 valence electrons. The summed E-state index contributed by atoms with van der Waals surface area (Å²) in [5.74, 6) is -2.34. The Morgan fingerprint density at radius 1 is 1.18 bits per heavy atom. The minimum absolute atomic E-state index is 0.0161. The molecule has 6 heteroatoms. The van der Waals surface area contributed by atoms with Gasteiger partial charge in [0.1, 0.15) is 0 Å². The number of Topliss-reactive ketones (excluding diaryl/α,β-unsaturated/α-hetero) is 1. The van der Waals surface area contributed by atoms with E-state index in [1.54, 1.807) is 6.07 Å². The summed E-state index contributed by atoms with van der Waals surface area (Å²) in [6.45, 7) is -0.212. The fourth-order valence-electron chi connectivity index (χ4n) is 1.19. The predicted molar refractivity (Wildman–Crippen MR) is 61.5 cm³/mol. The van der Waals surface area contributed by atoms with Crippen LogP contribution in [0.4, 0.5) is 0 Å². The van der Waals surface area contributed by atoms with Gasteiger partial charge in [-0.05, 0) is 12.1 Å². The van der Waals surface area contributed by atoms with Crippen molar-refractivity contribution in [3.63, 3.8) is 0 Å². The standard InChI is InChI=1S/C11H10ClNO4/c12-5-7(14)6-13-10(15)8-3-1-2-4-9(8)11(16)17/h1-4H,5-6H2,(H,13,15)(H,16,17). The van der Waals surface area contributed by atoms with Crippen molar-refractivity contribution in [3.8, 4) is 0 Å². The molecule has 0 saturated carbocycles. The first-order valence-corrected chi connectivity index (χ1v) is 5.28. The van der Waals surface area contributed by atoms with E-state index in [0.29, 0.717) is 0 Å². The molecule has 0 spiro atoms. The molecule has 0 fully saturated rings. The zero-order valence-corrected chi connectivity index (χ0v) is 9.53. The van der Waals surface area contributed by atoms with Gasteiger partial charge in [0.15, 0.2) is 5.78 Å². The molecule has 0 aliphatic carbocycles. The van der Waals surface area contributed by atoms with Crippen LogP contribution in [0.2, 0.25) is 0 Å². The molecule has 0 bridgehead atoms. The molecule has 5 nitrogen and oxygen atoms in total. The molecule has 1 aromatic carbocycles. The Hall–Kier alpha value is -1.88. The van der Waals surface area contributed by atoms with E-state index < -0.39 is 11.9 Å². The lowest BCUT2D eigenvalue weighted by Crippen LogP contribution is -2.31. The second kappa shape index (κ2) is 6.00. The Morgan fingerprint density at radius 3 is 2.29 bits per heavy atom. The van der Waals surface area contributed by atoms with Gasteiger partial charge in [0.05, 0.1) is 23.6 Å². The largest absolute Gasteiger partial charge is 0.478 e. The van der Waals surface area contributed by atoms with Crippen molar-refractivity contribution < 1.29 is 19.5 Å². The van der Waals surface area contributed by atoms with Crippen LogP contribution in [0.5, 0.6) is 0 Å². The van der Waals surface area contributed by atoms with Gasteiger partial charge in [0, 0.05) is 0 Å². The fourth-order valence-corrected chi connectivity index (χ4v) is 1.28. The molecule has 17 heavy (non-hydrogen) atoms. The van der Waals surface area contributed by atoms with E-state index >= 15 is 0 Å². The van der Waals surface area contributed by atoms with Gasteiger partial charge in [-0.3, -0.25) is 9.59 Å². The van der Waals surface area contributed by atoms with Crippen LogP contribution in [0, 0.1) is 0 Å². The molecule has 2 N–H and O–H groups in total. The molecule has 0 radical (unpaired) electrons. The Labute approximate surface area is 102 Å². The van der Waals surface area contributed by atoms with Crippen LogP contribution in [0.3, 0.4) is 0 Å². The van der Waals surface area contributed by atoms with Crippen molar-refractivity contribution in [1.29, 1.82) is 0 Å². The summed E-state index contributed by atoms with van der Waals surface area (Å²) in [6, 6.07) is 5.76. The summed E-state index contributed by atoms with van der Waals surface area (Å²) in [6.07, 6.45) is 0. The quantitative estimate of drug-likeness (QED) is 0.767. The Morgan fingerprint density at radius 2 is 1.76 bits per heavy atom. The maximum atomic E-state index is 11.6. The van der Waals surface area contributed by atoms with Gasteiger partial charge < -0.3 is 10.4 Å². The van der Waals surface area contributed by atoms with E-state index in [4.69, 9.17) is 16.7 Å². The van der Waals surface area contributed by atoms with Crippen molar-refractivity contribution in [2.45, 2.75) is 0 Å². The molecular formula is C11H10ClNO4. The molecule has 1 aromatic rings. The summed E-state index contributed by atoms with van der Waals surface area (Å²) in [7, 11) is 0. The van der Waals surface area contributed by atoms with Crippen molar-refractivity contribution in [2.24, 2.45) is 0 Å². The molecule has 0 saturated heterocycles. The lowest BCUT2D eigenvalue weighted by molar-refractivity contribution is -0.115. The van der Waals surface area contributed by atoms with Gasteiger partial charge in [-0.15, -0.1) is 11.6 Å². The molecule has 0 heterocycles. The van der Waals surface area contributed by atoms with Gasteiger partial charge >= 0.3 is 5.97 Å². The van der Waals surface area contributed by atoms with Crippen molar-refractivity contribution >= 4 is 29.3 Å². The number of aromatic carboxylic acids is 1. The van der Waals surface area contributed by atoms with Crippen LogP contribution in [0.25, 0.3) is 0 Å². The average Bonchev–Trinajstić information content (AvgIpc) is 2.35. The van der Waals surface area contributed by atoms with Crippen LogP contribution in [0.1, 0.15) is 20.7 Å². The number of hydrogen-bond donors (Lipinski definition) is 2. The summed E-state index contributed by atoms with van der Waals surface area (Å²) < 4.78 is 0. The second-order valence-corrected chi connectivity index (χ2v) is 3.47. The number of ketones is 1. The molecule has 0 unspecified atom stereocenters. The first kappa shape index (κ1) is 13.2. The molecule has 0 aromatic heterocycles. The summed E-state index contributed by atoms with van der Waals surface area (Å²) in [4.78, 5) is 33.4. The van der Waals surface area contributed by atoms with Gasteiger partial charge in [0.2, 0.25) is 0 Å². The number of amides is 1. The Kier molecular flexibility index (Phi) is 4.66. The number of benzene rings is 1. The average molecular weight is 256 g/mol. The number of rotatable bonds is 5. The molecule has 0 aliphatic heterocycles. The summed E-state index contributed by atoms with van der Waals surface area (Å²) >= 11 is 5.27. The number of nitrogens with one attached hydrogen (secondary N) is 1. The van der Waals surface area contributed by atoms with Crippen LogP contribution in [0.15, 0.2) is 24.3 Å². The summed E-state index contributed by atoms with van der Waals surface area (Å²) in [5.41, 5.74) is -0.0919. The summed E-state index contributed by atoms with van der Waals surface area (Å²) in [5, 5.41) is 11.2. The predicted octanol–water partition coefficient (Wildman–Crippen LogP) is 0.923. The highest BCUT2D eigenvalue weighted by Gasteiger charge is 2.15. The number of hydrogen-bond acceptors (Lipinski definition) is 3. The monoisotopic (exact) mass is 255 g/mol. The van der Waals surface area contributed by atoms with Gasteiger partial charge in [-0.2, -0.15) is 0 Å². The van der Waals surface area contributed by atoms with E-state index in [-0.39, 0.29) is 29.3 Å². The minimum Gasteiger partial charge on any atom is -0.478 e. The lowest BCUT2D eigenvalue weighted by Gasteiger charge is -2.06. The fraction of sp³-hybridized carbons (Fsp3) is 0.182. The SMILES string of the molecule is O=C(CCl)CNC(=O)c1ccccc1C(=O)O. The van der Waals surface area contributed by atoms with E-state index in [1.165, 1.54) is 18.2 Å². The van der Waals surface area contributed by atoms with E-state index in [9.17, 15) is 14.4 Å². The van der Waals surface area contributed by atoms with E-state index in [0.717, 1.165) is 0 Å². The highest BCUT2D eigenvalue weighted by molar-refractivity contribution is 6.28. The first-order valence-electron chi connectivity index (χ1n) is 4.74. The van der Waals surface area contributed by atoms with Crippen LogP contribution >= 0.6 is 11.6 Å².